The Morgan fingerprint density at radius 1 is 0.700 bits per heavy atom. The number of sulfonamides is 2. The lowest BCUT2D eigenvalue weighted by Crippen LogP contribution is -2.47. The van der Waals surface area contributed by atoms with Gasteiger partial charge < -0.3 is 20.6 Å². The minimum atomic E-state index is -3.36. The number of H-pyrrole nitrogens is 2. The Morgan fingerprint density at radius 2 is 1.17 bits per heavy atom. The fourth-order valence-corrected chi connectivity index (χ4v) is 11.0. The Morgan fingerprint density at radius 3 is 1.63 bits per heavy atom. The van der Waals surface area contributed by atoms with Crippen LogP contribution in [0.25, 0.3) is 44.8 Å². The second-order valence-corrected chi connectivity index (χ2v) is 20.9. The van der Waals surface area contributed by atoms with Crippen LogP contribution in [0.15, 0.2) is 49.3 Å². The summed E-state index contributed by atoms with van der Waals surface area (Å²) in [6.07, 6.45) is 13.0. The molecule has 1 saturated carbocycles. The topological polar surface area (TPSA) is 208 Å². The van der Waals surface area contributed by atoms with Crippen LogP contribution in [0.3, 0.4) is 0 Å². The summed E-state index contributed by atoms with van der Waals surface area (Å²) in [5.41, 5.74) is 2.56. The number of nitrogens with one attached hydrogen (secondary N) is 4. The fraction of sp³-hybridized carbons (Fsp3) is 0.421. The molecule has 6 aromatic heterocycles. The van der Waals surface area contributed by atoms with Gasteiger partial charge in [-0.25, -0.2) is 55.5 Å². The zero-order chi connectivity index (χ0) is 42.3. The van der Waals surface area contributed by atoms with Crippen LogP contribution in [0.4, 0.5) is 20.4 Å². The highest BCUT2D eigenvalue weighted by Crippen LogP contribution is 2.34. The molecule has 0 radical (unpaired) electrons. The molecular formula is C38H42Cl2F2N12O4S2. The summed E-state index contributed by atoms with van der Waals surface area (Å²) in [5.74, 6) is -0.446. The number of aromatic amines is 2. The molecular weight excluding hydrogens is 862 g/mol. The Labute approximate surface area is 355 Å². The van der Waals surface area contributed by atoms with Gasteiger partial charge in [0.15, 0.2) is 34.9 Å². The molecule has 0 amide bonds. The summed E-state index contributed by atoms with van der Waals surface area (Å²) >= 11 is 12.1. The average molecular weight is 904 g/mol. The van der Waals surface area contributed by atoms with Gasteiger partial charge in [-0.3, -0.25) is 0 Å². The summed E-state index contributed by atoms with van der Waals surface area (Å²) in [5, 5.41) is 7.82. The van der Waals surface area contributed by atoms with Crippen molar-refractivity contribution in [1.82, 2.24) is 48.5 Å². The molecule has 9 rings (SSSR count). The highest BCUT2D eigenvalue weighted by Gasteiger charge is 2.41. The van der Waals surface area contributed by atoms with Crippen molar-refractivity contribution in [3.05, 3.63) is 71.0 Å². The molecule has 6 aromatic rings. The van der Waals surface area contributed by atoms with Crippen LogP contribution in [-0.2, 0) is 20.0 Å². The molecule has 3 aliphatic rings. The van der Waals surface area contributed by atoms with E-state index in [1.54, 1.807) is 38.4 Å². The SMILES string of the molecule is CC(C)S(=O)(=O)N1CCC[C@H](Nc2nc(-c3c[nH]c4ncc(Cl)cc34)ncc2F)C1.O=S(=O)(C1CC1)N1CCC[C@H](Nc2nc(-c3c[nH]c4ncc(Cl)cc34)ncc2F)C1. The molecule has 0 aromatic carbocycles. The number of nitrogens with zero attached hydrogens (tertiary/aromatic N) is 8. The predicted octanol–water partition coefficient (Wildman–Crippen LogP) is 6.61. The molecule has 4 N–H and O–H groups in total. The summed E-state index contributed by atoms with van der Waals surface area (Å²) < 4.78 is 82.0. The molecule has 2 aliphatic heterocycles. The first kappa shape index (κ1) is 42.1. The molecule has 0 spiro atoms. The molecule has 2 saturated heterocycles. The van der Waals surface area contributed by atoms with Crippen LogP contribution in [-0.4, -0.2) is 114 Å². The summed E-state index contributed by atoms with van der Waals surface area (Å²) in [6.45, 7) is 4.88. The first-order valence-corrected chi connectivity index (χ1v) is 23.3. The van der Waals surface area contributed by atoms with E-state index in [1.165, 1.54) is 21.0 Å². The molecule has 318 valence electrons. The molecule has 16 nitrogen and oxygen atoms in total. The fourth-order valence-electron chi connectivity index (χ4n) is 7.37. The summed E-state index contributed by atoms with van der Waals surface area (Å²) in [7, 11) is -6.62. The third-order valence-electron chi connectivity index (χ3n) is 10.7. The minimum Gasteiger partial charge on any atom is -0.363 e. The number of rotatable bonds is 10. The van der Waals surface area contributed by atoms with Gasteiger partial charge in [0.1, 0.15) is 11.3 Å². The van der Waals surface area contributed by atoms with Crippen LogP contribution < -0.4 is 10.6 Å². The van der Waals surface area contributed by atoms with Gasteiger partial charge in [-0.2, -0.15) is 8.61 Å². The first-order valence-electron chi connectivity index (χ1n) is 19.5. The maximum Gasteiger partial charge on any atom is 0.217 e. The lowest BCUT2D eigenvalue weighted by atomic mass is 10.1. The zero-order valence-corrected chi connectivity index (χ0v) is 35.7. The quantitative estimate of drug-likeness (QED) is 0.115. The van der Waals surface area contributed by atoms with E-state index in [1.807, 2.05) is 0 Å². The Bertz CT molecular complexity index is 2590. The van der Waals surface area contributed by atoms with E-state index >= 15 is 0 Å². The van der Waals surface area contributed by atoms with Crippen LogP contribution >= 0.6 is 23.2 Å². The zero-order valence-electron chi connectivity index (χ0n) is 32.5. The van der Waals surface area contributed by atoms with Crippen LogP contribution in [0.2, 0.25) is 10.0 Å². The second-order valence-electron chi connectivity index (χ2n) is 15.3. The number of aromatic nitrogens is 8. The van der Waals surface area contributed by atoms with Gasteiger partial charge in [0, 0.05) is 84.9 Å². The number of pyridine rings is 2. The van der Waals surface area contributed by atoms with E-state index in [2.05, 4.69) is 50.5 Å². The van der Waals surface area contributed by atoms with Crippen molar-refractivity contribution < 1.29 is 25.6 Å². The van der Waals surface area contributed by atoms with Crippen LogP contribution in [0.1, 0.15) is 52.4 Å². The van der Waals surface area contributed by atoms with Crippen molar-refractivity contribution in [2.24, 2.45) is 0 Å². The predicted molar refractivity (Wildman–Crippen MR) is 227 cm³/mol. The largest absolute Gasteiger partial charge is 0.363 e. The number of halogens is 4. The van der Waals surface area contributed by atoms with Gasteiger partial charge >= 0.3 is 0 Å². The molecule has 3 fully saturated rings. The van der Waals surface area contributed by atoms with Gasteiger partial charge in [-0.05, 0) is 64.5 Å². The van der Waals surface area contributed by atoms with Crippen molar-refractivity contribution in [1.29, 1.82) is 0 Å². The average Bonchev–Trinajstić information content (AvgIpc) is 3.90. The normalized spacial score (nSPS) is 19.4. The van der Waals surface area contributed by atoms with Crippen molar-refractivity contribution in [3.63, 3.8) is 0 Å². The molecule has 0 unspecified atom stereocenters. The minimum absolute atomic E-state index is 0.0399. The number of fused-ring (bicyclic) bond motifs is 2. The third-order valence-corrected chi connectivity index (χ3v) is 15.7. The number of hydrogen-bond acceptors (Lipinski definition) is 12. The molecule has 8 heterocycles. The third kappa shape index (κ3) is 8.89. The molecule has 1 aliphatic carbocycles. The highest BCUT2D eigenvalue weighted by atomic mass is 35.5. The van der Waals surface area contributed by atoms with Gasteiger partial charge in [-0.1, -0.05) is 23.2 Å². The van der Waals surface area contributed by atoms with E-state index < -0.39 is 36.9 Å². The van der Waals surface area contributed by atoms with Gasteiger partial charge in [0.05, 0.1) is 32.9 Å². The van der Waals surface area contributed by atoms with E-state index in [0.29, 0.717) is 70.2 Å². The van der Waals surface area contributed by atoms with E-state index in [-0.39, 0.29) is 35.5 Å². The molecule has 2 atom stereocenters. The Kier molecular flexibility index (Phi) is 12.0. The Hall–Kier alpha value is -4.60. The molecule has 60 heavy (non-hydrogen) atoms. The highest BCUT2D eigenvalue weighted by molar-refractivity contribution is 7.90. The lowest BCUT2D eigenvalue weighted by molar-refractivity contribution is 0.323. The van der Waals surface area contributed by atoms with Crippen molar-refractivity contribution in [2.45, 2.75) is 75.0 Å². The smallest absolute Gasteiger partial charge is 0.217 e. The first-order chi connectivity index (χ1) is 28.7. The standard InChI is InChI=1S/C19H20ClFN6O2S.C19H22ClFN6O2S/c20-11-6-14-15(8-23-17(14)22-7-11)18-24-9-16(21)19(26-18)25-12-2-1-5-27(10-12)30(28,29)13-3-4-13;1-11(2)30(28,29)27-5-3-4-13(10-27)25-19-16(21)9-24-18(26-19)15-8-23-17-14(15)6-12(20)7-22-17/h6-9,12-13H,1-5,10H2,(H,22,23)(H,24,25,26);6-9,11,13H,3-5,10H2,1-2H3,(H,22,23)(H,24,25,26)/t12-;13-/m00/s1. The van der Waals surface area contributed by atoms with E-state index in [0.717, 1.165) is 55.3 Å². The van der Waals surface area contributed by atoms with Crippen LogP contribution in [0, 0.1) is 11.6 Å². The summed E-state index contributed by atoms with van der Waals surface area (Å²) in [6, 6.07) is 3.02. The van der Waals surface area contributed by atoms with E-state index in [9.17, 15) is 25.6 Å². The van der Waals surface area contributed by atoms with E-state index in [4.69, 9.17) is 23.2 Å². The number of anilines is 2. The van der Waals surface area contributed by atoms with Crippen molar-refractivity contribution in [3.8, 4) is 22.8 Å². The maximum absolute atomic E-state index is 14.5. The van der Waals surface area contributed by atoms with Gasteiger partial charge in [0.2, 0.25) is 20.0 Å². The number of hydrogen-bond donors (Lipinski definition) is 4. The van der Waals surface area contributed by atoms with Crippen LogP contribution in [0.5, 0.6) is 0 Å². The number of piperidine rings is 2. The van der Waals surface area contributed by atoms with Gasteiger partial charge in [0.25, 0.3) is 0 Å². The second kappa shape index (κ2) is 17.0. The maximum atomic E-state index is 14.5. The lowest BCUT2D eigenvalue weighted by Gasteiger charge is -2.33. The molecule has 0 bridgehead atoms. The van der Waals surface area contributed by atoms with Gasteiger partial charge in [-0.15, -0.1) is 0 Å². The summed E-state index contributed by atoms with van der Waals surface area (Å²) in [4.78, 5) is 31.4. The monoisotopic (exact) mass is 902 g/mol. The van der Waals surface area contributed by atoms with Crippen molar-refractivity contribution in [2.75, 3.05) is 36.8 Å². The van der Waals surface area contributed by atoms with Crippen molar-refractivity contribution >= 4 is 77.0 Å². The Balaban J connectivity index is 0.000000166. The molecule has 22 heteroatoms.